The molecule has 0 saturated carbocycles. The largest absolute Gasteiger partial charge is 0.391 e. The van der Waals surface area contributed by atoms with Crippen LogP contribution in [0.4, 0.5) is 0 Å². The third kappa shape index (κ3) is 1.64. The second-order valence-electron chi connectivity index (χ2n) is 4.56. The average Bonchev–Trinajstić information content (AvgIpc) is 2.74. The zero-order chi connectivity index (χ0) is 10.2. The summed E-state index contributed by atoms with van der Waals surface area (Å²) in [5.74, 6) is 0.159. The van der Waals surface area contributed by atoms with Crippen LogP contribution in [-0.4, -0.2) is 47.2 Å². The molecule has 2 aliphatic rings. The van der Waals surface area contributed by atoms with Crippen LogP contribution in [0.1, 0.15) is 26.2 Å². The maximum absolute atomic E-state index is 12.1. The molecule has 2 atom stereocenters. The molecule has 2 fully saturated rings. The van der Waals surface area contributed by atoms with Gasteiger partial charge >= 0.3 is 0 Å². The van der Waals surface area contributed by atoms with E-state index in [1.807, 2.05) is 6.92 Å². The van der Waals surface area contributed by atoms with Gasteiger partial charge < -0.3 is 15.3 Å². The van der Waals surface area contributed by atoms with Crippen LogP contribution in [0.25, 0.3) is 0 Å². The van der Waals surface area contributed by atoms with E-state index >= 15 is 0 Å². The Morgan fingerprint density at radius 2 is 2.43 bits per heavy atom. The predicted octanol–water partition coefficient (Wildman–Crippen LogP) is -0.278. The number of likely N-dealkylation sites (tertiary alicyclic amines) is 1. The molecule has 0 aromatic carbocycles. The third-order valence-electron chi connectivity index (χ3n) is 3.29. The van der Waals surface area contributed by atoms with E-state index < -0.39 is 0 Å². The maximum atomic E-state index is 12.1. The van der Waals surface area contributed by atoms with Crippen LogP contribution in [-0.2, 0) is 4.79 Å². The fraction of sp³-hybridized carbons (Fsp3) is 0.900. The van der Waals surface area contributed by atoms with E-state index in [0.29, 0.717) is 13.1 Å². The summed E-state index contributed by atoms with van der Waals surface area (Å²) in [6.45, 7) is 4.11. The topological polar surface area (TPSA) is 52.6 Å². The van der Waals surface area contributed by atoms with Crippen molar-refractivity contribution < 1.29 is 9.90 Å². The van der Waals surface area contributed by atoms with Gasteiger partial charge in [0, 0.05) is 13.1 Å². The summed E-state index contributed by atoms with van der Waals surface area (Å²) in [6, 6.07) is 0. The lowest BCUT2D eigenvalue weighted by atomic mass is 9.99. The molecule has 80 valence electrons. The smallest absolute Gasteiger partial charge is 0.242 e. The van der Waals surface area contributed by atoms with Crippen molar-refractivity contribution in [2.45, 2.75) is 37.8 Å². The lowest BCUT2D eigenvalue weighted by molar-refractivity contribution is -0.136. The highest BCUT2D eigenvalue weighted by molar-refractivity contribution is 5.86. The first-order chi connectivity index (χ1) is 6.62. The van der Waals surface area contributed by atoms with Gasteiger partial charge in [-0.15, -0.1) is 0 Å². The minimum Gasteiger partial charge on any atom is -0.391 e. The molecule has 4 nitrogen and oxygen atoms in total. The first-order valence-corrected chi connectivity index (χ1v) is 5.34. The Kier molecular flexibility index (Phi) is 2.49. The highest BCUT2D eigenvalue weighted by atomic mass is 16.3. The fourth-order valence-electron chi connectivity index (χ4n) is 2.35. The number of hydrogen-bond donors (Lipinski definition) is 2. The number of rotatable bonds is 1. The van der Waals surface area contributed by atoms with Gasteiger partial charge in [-0.3, -0.25) is 4.79 Å². The lowest BCUT2D eigenvalue weighted by Crippen LogP contribution is -2.52. The molecule has 0 aromatic heterocycles. The third-order valence-corrected chi connectivity index (χ3v) is 3.29. The molecule has 0 bridgehead atoms. The predicted molar refractivity (Wildman–Crippen MR) is 52.8 cm³/mol. The molecule has 2 saturated heterocycles. The van der Waals surface area contributed by atoms with E-state index in [2.05, 4.69) is 5.32 Å². The zero-order valence-corrected chi connectivity index (χ0v) is 8.62. The number of carbonyl (C=O) groups excluding carboxylic acids is 1. The molecule has 1 amide bonds. The fourth-order valence-corrected chi connectivity index (χ4v) is 2.35. The van der Waals surface area contributed by atoms with Crippen LogP contribution >= 0.6 is 0 Å². The monoisotopic (exact) mass is 198 g/mol. The van der Waals surface area contributed by atoms with E-state index in [0.717, 1.165) is 25.8 Å². The van der Waals surface area contributed by atoms with Crippen molar-refractivity contribution in [1.82, 2.24) is 10.2 Å². The second kappa shape index (κ2) is 3.51. The van der Waals surface area contributed by atoms with Crippen molar-refractivity contribution in [3.63, 3.8) is 0 Å². The number of aliphatic hydroxyl groups is 1. The van der Waals surface area contributed by atoms with Crippen molar-refractivity contribution in [1.29, 1.82) is 0 Å². The standard InChI is InChI=1S/C10H18N2O2/c1-10(4-2-5-11-10)9(14)12-6-3-8(13)7-12/h8,11,13H,2-7H2,1H3. The van der Waals surface area contributed by atoms with Gasteiger partial charge in [-0.1, -0.05) is 0 Å². The van der Waals surface area contributed by atoms with Gasteiger partial charge in [-0.25, -0.2) is 0 Å². The quantitative estimate of drug-likeness (QED) is 0.609. The van der Waals surface area contributed by atoms with Gasteiger partial charge in [-0.05, 0) is 32.7 Å². The molecule has 2 unspecified atom stereocenters. The van der Waals surface area contributed by atoms with Gasteiger partial charge in [0.1, 0.15) is 0 Å². The molecule has 0 aliphatic carbocycles. The Bertz CT molecular complexity index is 236. The normalized spacial score (nSPS) is 37.9. The number of β-amino-alcohol motifs (C(OH)–C–C–N with tert-alkyl or cyclic N) is 1. The van der Waals surface area contributed by atoms with Crippen LogP contribution in [0.15, 0.2) is 0 Å². The molecule has 2 N–H and O–H groups in total. The van der Waals surface area contributed by atoms with Crippen LogP contribution in [0.5, 0.6) is 0 Å². The van der Waals surface area contributed by atoms with Gasteiger partial charge in [0.2, 0.25) is 5.91 Å². The minimum atomic E-state index is -0.371. The highest BCUT2D eigenvalue weighted by Gasteiger charge is 2.40. The second-order valence-corrected chi connectivity index (χ2v) is 4.56. The number of nitrogens with one attached hydrogen (secondary N) is 1. The van der Waals surface area contributed by atoms with Gasteiger partial charge in [-0.2, -0.15) is 0 Å². The Hall–Kier alpha value is -0.610. The van der Waals surface area contributed by atoms with Crippen molar-refractivity contribution >= 4 is 5.91 Å². The van der Waals surface area contributed by atoms with Crippen molar-refractivity contribution in [3.8, 4) is 0 Å². The number of amides is 1. The highest BCUT2D eigenvalue weighted by Crippen LogP contribution is 2.23. The van der Waals surface area contributed by atoms with Crippen LogP contribution in [0.3, 0.4) is 0 Å². The van der Waals surface area contributed by atoms with E-state index in [-0.39, 0.29) is 17.6 Å². The number of carbonyl (C=O) groups is 1. The first-order valence-electron chi connectivity index (χ1n) is 5.34. The molecule has 2 aliphatic heterocycles. The summed E-state index contributed by atoms with van der Waals surface area (Å²) in [7, 11) is 0. The van der Waals surface area contributed by atoms with Crippen LogP contribution in [0, 0.1) is 0 Å². The van der Waals surface area contributed by atoms with Crippen LogP contribution in [0.2, 0.25) is 0 Å². The summed E-state index contributed by atoms with van der Waals surface area (Å²) in [5.41, 5.74) is -0.371. The molecule has 0 aromatic rings. The summed E-state index contributed by atoms with van der Waals surface area (Å²) in [6.07, 6.45) is 2.39. The summed E-state index contributed by atoms with van der Waals surface area (Å²) in [5, 5.41) is 12.6. The minimum absolute atomic E-state index is 0.159. The summed E-state index contributed by atoms with van der Waals surface area (Å²) < 4.78 is 0. The van der Waals surface area contributed by atoms with Gasteiger partial charge in [0.25, 0.3) is 0 Å². The summed E-state index contributed by atoms with van der Waals surface area (Å²) in [4.78, 5) is 13.8. The molecule has 14 heavy (non-hydrogen) atoms. The van der Waals surface area contributed by atoms with Crippen LogP contribution < -0.4 is 5.32 Å². The Labute approximate surface area is 84.3 Å². The number of nitrogens with zero attached hydrogens (tertiary/aromatic N) is 1. The first kappa shape index (κ1) is 9.93. The number of aliphatic hydroxyl groups excluding tert-OH is 1. The average molecular weight is 198 g/mol. The molecule has 2 rings (SSSR count). The van der Waals surface area contributed by atoms with Gasteiger partial charge in [0.15, 0.2) is 0 Å². The maximum Gasteiger partial charge on any atom is 0.242 e. The molecular formula is C10H18N2O2. The SMILES string of the molecule is CC1(C(=O)N2CCC(O)C2)CCCN1. The molecular weight excluding hydrogens is 180 g/mol. The summed E-state index contributed by atoms with van der Waals surface area (Å²) >= 11 is 0. The molecule has 2 heterocycles. The molecule has 0 radical (unpaired) electrons. The molecule has 4 heteroatoms. The van der Waals surface area contributed by atoms with E-state index in [4.69, 9.17) is 0 Å². The Morgan fingerprint density at radius 3 is 2.93 bits per heavy atom. The lowest BCUT2D eigenvalue weighted by Gasteiger charge is -2.28. The van der Waals surface area contributed by atoms with E-state index in [9.17, 15) is 9.90 Å². The van der Waals surface area contributed by atoms with Gasteiger partial charge in [0.05, 0.1) is 11.6 Å². The van der Waals surface area contributed by atoms with Crippen molar-refractivity contribution in [2.24, 2.45) is 0 Å². The van der Waals surface area contributed by atoms with Crippen molar-refractivity contribution in [3.05, 3.63) is 0 Å². The van der Waals surface area contributed by atoms with E-state index in [1.54, 1.807) is 4.90 Å². The Balaban J connectivity index is 2.00. The van der Waals surface area contributed by atoms with Crippen molar-refractivity contribution in [2.75, 3.05) is 19.6 Å². The number of hydrogen-bond acceptors (Lipinski definition) is 3. The Morgan fingerprint density at radius 1 is 1.64 bits per heavy atom. The zero-order valence-electron chi connectivity index (χ0n) is 8.62. The molecule has 0 spiro atoms. The van der Waals surface area contributed by atoms with E-state index in [1.165, 1.54) is 0 Å².